The standard InChI is InChI=1S/C57H42N2/c1-3-13-43(14-4-1)58-53-19-9-7-17-47(53)49-35-39(27-31-55(49)58)21-23-41-25-29-45-46-30-26-42(38-52(46)57(51(45)37-41)33-11-12-34-57)24-22-40-28-32-56-50(36-40)48-18-8-10-20-54(48)59(56)44-15-5-2-6-16-44/h1-10,13-32,35-38H,11-12,33-34H2/b23-21+,24-22+. The minimum Gasteiger partial charge on any atom is -0.309 e. The highest BCUT2D eigenvalue weighted by Crippen LogP contribution is 2.57. The van der Waals surface area contributed by atoms with Gasteiger partial charge in [0.15, 0.2) is 0 Å². The number of hydrogen-bond acceptors (Lipinski definition) is 0. The van der Waals surface area contributed by atoms with E-state index in [1.54, 1.807) is 0 Å². The minimum atomic E-state index is 0.0781. The molecule has 2 aromatic heterocycles. The number of fused-ring (bicyclic) bond motifs is 11. The van der Waals surface area contributed by atoms with Crippen LogP contribution >= 0.6 is 0 Å². The molecule has 12 rings (SSSR count). The van der Waals surface area contributed by atoms with E-state index in [1.165, 1.54) is 125 Å². The molecular weight excluding hydrogens is 713 g/mol. The zero-order chi connectivity index (χ0) is 38.9. The number of nitrogens with zero attached hydrogens (tertiary/aromatic N) is 2. The highest BCUT2D eigenvalue weighted by Gasteiger charge is 2.45. The smallest absolute Gasteiger partial charge is 0.0541 e. The van der Waals surface area contributed by atoms with Crippen LogP contribution in [0.3, 0.4) is 0 Å². The Bertz CT molecular complexity index is 3090. The summed E-state index contributed by atoms with van der Waals surface area (Å²) in [6.07, 6.45) is 14.2. The van der Waals surface area contributed by atoms with Crippen LogP contribution in [-0.2, 0) is 5.41 Å². The molecule has 0 N–H and O–H groups in total. The highest BCUT2D eigenvalue weighted by atomic mass is 15.0. The van der Waals surface area contributed by atoms with E-state index < -0.39 is 0 Å². The second-order valence-corrected chi connectivity index (χ2v) is 16.5. The summed E-state index contributed by atoms with van der Waals surface area (Å²) >= 11 is 0. The molecule has 10 aromatic rings. The van der Waals surface area contributed by atoms with Crippen LogP contribution in [0.4, 0.5) is 0 Å². The summed E-state index contributed by atoms with van der Waals surface area (Å²) in [5.74, 6) is 0. The van der Waals surface area contributed by atoms with Crippen molar-refractivity contribution < 1.29 is 0 Å². The van der Waals surface area contributed by atoms with Crippen molar-refractivity contribution in [1.82, 2.24) is 9.13 Å². The molecule has 0 unspecified atom stereocenters. The van der Waals surface area contributed by atoms with Gasteiger partial charge in [0, 0.05) is 38.3 Å². The fourth-order valence-corrected chi connectivity index (χ4v) is 10.5. The fourth-order valence-electron chi connectivity index (χ4n) is 10.5. The van der Waals surface area contributed by atoms with Crippen LogP contribution in [0.5, 0.6) is 0 Å². The predicted molar refractivity (Wildman–Crippen MR) is 251 cm³/mol. The Morgan fingerprint density at radius 2 is 0.712 bits per heavy atom. The van der Waals surface area contributed by atoms with Gasteiger partial charge in [0.1, 0.15) is 0 Å². The third-order valence-electron chi connectivity index (χ3n) is 13.2. The molecule has 1 spiro atoms. The van der Waals surface area contributed by atoms with Gasteiger partial charge in [-0.25, -0.2) is 0 Å². The molecule has 2 nitrogen and oxygen atoms in total. The highest BCUT2D eigenvalue weighted by molar-refractivity contribution is 6.11. The third kappa shape index (κ3) is 5.40. The van der Waals surface area contributed by atoms with Crippen molar-refractivity contribution in [3.05, 3.63) is 215 Å². The first-order valence-electron chi connectivity index (χ1n) is 21.0. The Kier molecular flexibility index (Phi) is 7.74. The molecule has 2 aliphatic rings. The van der Waals surface area contributed by atoms with Gasteiger partial charge < -0.3 is 9.13 Å². The number of hydrogen-bond donors (Lipinski definition) is 0. The van der Waals surface area contributed by atoms with Crippen LogP contribution in [0, 0.1) is 0 Å². The van der Waals surface area contributed by atoms with E-state index in [0.717, 1.165) is 0 Å². The van der Waals surface area contributed by atoms with E-state index in [2.05, 4.69) is 215 Å². The summed E-state index contributed by atoms with van der Waals surface area (Å²) in [7, 11) is 0. The monoisotopic (exact) mass is 754 g/mol. The van der Waals surface area contributed by atoms with Crippen molar-refractivity contribution in [3.63, 3.8) is 0 Å². The van der Waals surface area contributed by atoms with Gasteiger partial charge in [0.05, 0.1) is 22.1 Å². The van der Waals surface area contributed by atoms with E-state index in [1.807, 2.05) is 0 Å². The second-order valence-electron chi connectivity index (χ2n) is 16.5. The molecule has 0 saturated heterocycles. The van der Waals surface area contributed by atoms with E-state index in [0.29, 0.717) is 0 Å². The average Bonchev–Trinajstić information content (AvgIpc) is 4.06. The lowest BCUT2D eigenvalue weighted by Crippen LogP contribution is -2.20. The van der Waals surface area contributed by atoms with Crippen LogP contribution < -0.4 is 0 Å². The molecule has 0 bridgehead atoms. The topological polar surface area (TPSA) is 9.86 Å². The molecule has 8 aromatic carbocycles. The number of para-hydroxylation sites is 4. The van der Waals surface area contributed by atoms with Crippen LogP contribution in [0.1, 0.15) is 59.1 Å². The molecule has 1 fully saturated rings. The van der Waals surface area contributed by atoms with Crippen molar-refractivity contribution in [1.29, 1.82) is 0 Å². The van der Waals surface area contributed by atoms with Crippen molar-refractivity contribution in [2.75, 3.05) is 0 Å². The lowest BCUT2D eigenvalue weighted by Gasteiger charge is -2.27. The summed E-state index contributed by atoms with van der Waals surface area (Å²) < 4.78 is 4.76. The average molecular weight is 755 g/mol. The molecule has 2 aliphatic carbocycles. The van der Waals surface area contributed by atoms with Crippen LogP contribution in [-0.4, -0.2) is 9.13 Å². The summed E-state index contributed by atoms with van der Waals surface area (Å²) in [5.41, 5.74) is 18.2. The van der Waals surface area contributed by atoms with Gasteiger partial charge in [0.2, 0.25) is 0 Å². The first kappa shape index (κ1) is 33.9. The SMILES string of the molecule is C(=C\c1ccc2c(c1)c1ccccc1n2-c1ccccc1)/c1ccc2c(c1)C1(CCCC1)c1cc(/C=C/c3ccc4c(c3)c3ccccc3n4-c3ccccc3)ccc1-2. The van der Waals surface area contributed by atoms with Gasteiger partial charge in [-0.05, 0) is 118 Å². The molecule has 0 atom stereocenters. The van der Waals surface area contributed by atoms with Crippen molar-refractivity contribution >= 4 is 67.9 Å². The molecule has 0 amide bonds. The van der Waals surface area contributed by atoms with Crippen molar-refractivity contribution in [2.24, 2.45) is 0 Å². The predicted octanol–water partition coefficient (Wildman–Crippen LogP) is 15.1. The number of rotatable bonds is 6. The Labute approximate surface area is 344 Å². The maximum Gasteiger partial charge on any atom is 0.0541 e. The van der Waals surface area contributed by atoms with Gasteiger partial charge in [-0.1, -0.05) is 158 Å². The van der Waals surface area contributed by atoms with Crippen LogP contribution in [0.15, 0.2) is 182 Å². The normalized spacial score (nSPS) is 14.5. The van der Waals surface area contributed by atoms with Crippen LogP contribution in [0.2, 0.25) is 0 Å². The van der Waals surface area contributed by atoms with Gasteiger partial charge in [0.25, 0.3) is 0 Å². The summed E-state index contributed by atoms with van der Waals surface area (Å²) in [6, 6.07) is 67.0. The second kappa shape index (κ2) is 13.5. The molecule has 2 heterocycles. The van der Waals surface area contributed by atoms with E-state index in [-0.39, 0.29) is 5.41 Å². The third-order valence-corrected chi connectivity index (χ3v) is 13.2. The molecule has 0 radical (unpaired) electrons. The van der Waals surface area contributed by atoms with Crippen molar-refractivity contribution in [2.45, 2.75) is 31.1 Å². The first-order chi connectivity index (χ1) is 29.2. The molecular formula is C57H42N2. The lowest BCUT2D eigenvalue weighted by atomic mass is 9.76. The van der Waals surface area contributed by atoms with Gasteiger partial charge >= 0.3 is 0 Å². The Balaban J connectivity index is 0.863. The van der Waals surface area contributed by atoms with E-state index in [9.17, 15) is 0 Å². The summed E-state index contributed by atoms with van der Waals surface area (Å²) in [6.45, 7) is 0. The van der Waals surface area contributed by atoms with Gasteiger partial charge in [-0.15, -0.1) is 0 Å². The fraction of sp³-hybridized carbons (Fsp3) is 0.0877. The maximum atomic E-state index is 2.49. The molecule has 0 aliphatic heterocycles. The van der Waals surface area contributed by atoms with Gasteiger partial charge in [-0.3, -0.25) is 0 Å². The first-order valence-corrected chi connectivity index (χ1v) is 21.0. The van der Waals surface area contributed by atoms with E-state index >= 15 is 0 Å². The van der Waals surface area contributed by atoms with Crippen LogP contribution in [0.25, 0.3) is 90.4 Å². The summed E-state index contributed by atoms with van der Waals surface area (Å²) in [5, 5.41) is 5.12. The maximum absolute atomic E-state index is 2.49. The van der Waals surface area contributed by atoms with E-state index in [4.69, 9.17) is 0 Å². The molecule has 1 saturated carbocycles. The Morgan fingerprint density at radius 1 is 0.339 bits per heavy atom. The number of aromatic nitrogens is 2. The Hall–Kier alpha value is -7.16. The summed E-state index contributed by atoms with van der Waals surface area (Å²) in [4.78, 5) is 0. The Morgan fingerprint density at radius 3 is 1.17 bits per heavy atom. The number of benzene rings is 8. The van der Waals surface area contributed by atoms with Crippen molar-refractivity contribution in [3.8, 4) is 22.5 Å². The zero-order valence-electron chi connectivity index (χ0n) is 32.9. The molecule has 2 heteroatoms. The van der Waals surface area contributed by atoms with Gasteiger partial charge in [-0.2, -0.15) is 0 Å². The molecule has 59 heavy (non-hydrogen) atoms. The molecule has 280 valence electrons. The zero-order valence-corrected chi connectivity index (χ0v) is 32.9. The minimum absolute atomic E-state index is 0.0781. The lowest BCUT2D eigenvalue weighted by molar-refractivity contribution is 0.550. The largest absolute Gasteiger partial charge is 0.309 e. The quantitative estimate of drug-likeness (QED) is 0.150.